The molecule has 1 saturated heterocycles. The molecule has 0 radical (unpaired) electrons. The number of fused-ring (bicyclic) bond motifs is 1. The first kappa shape index (κ1) is 24.3. The molecule has 9 nitrogen and oxygen atoms in total. The van der Waals surface area contributed by atoms with Crippen LogP contribution >= 0.6 is 0 Å². The highest BCUT2D eigenvalue weighted by molar-refractivity contribution is 5.85. The van der Waals surface area contributed by atoms with E-state index in [9.17, 15) is 14.9 Å². The fourth-order valence-electron chi connectivity index (χ4n) is 5.43. The molecule has 2 fully saturated rings. The summed E-state index contributed by atoms with van der Waals surface area (Å²) >= 11 is 0. The van der Waals surface area contributed by atoms with Gasteiger partial charge in [-0.15, -0.1) is 0 Å². The van der Waals surface area contributed by atoms with Gasteiger partial charge in [-0.3, -0.25) is 0 Å². The Balaban J connectivity index is 1.72. The molecule has 0 bridgehead atoms. The lowest BCUT2D eigenvalue weighted by Gasteiger charge is -2.41. The smallest absolute Gasteiger partial charge is 0.330 e. The molecule has 2 amide bonds. The van der Waals surface area contributed by atoms with Crippen molar-refractivity contribution >= 4 is 17.8 Å². The highest BCUT2D eigenvalue weighted by Crippen LogP contribution is 2.39. The molecule has 0 spiro atoms. The molecule has 1 N–H and O–H groups in total. The van der Waals surface area contributed by atoms with Crippen molar-refractivity contribution in [3.05, 3.63) is 22.4 Å². The van der Waals surface area contributed by atoms with Gasteiger partial charge in [0.15, 0.2) is 0 Å². The fourth-order valence-corrected chi connectivity index (χ4v) is 5.43. The Hall–Kier alpha value is -2.86. The number of anilines is 1. The second-order valence-electron chi connectivity index (χ2n) is 9.14. The van der Waals surface area contributed by atoms with Gasteiger partial charge >= 0.3 is 12.0 Å². The quantitative estimate of drug-likeness (QED) is 0.661. The van der Waals surface area contributed by atoms with Crippen molar-refractivity contribution in [1.82, 2.24) is 15.2 Å². The van der Waals surface area contributed by atoms with E-state index in [1.54, 1.807) is 11.8 Å². The standard InChI is InChI=1S/C25H35N5O4/c1-3-27-25(32)30-12-11-29(15-21(30)24(31)34-4-2)23-19(14-26)18-10-13-33-16-20(18)22(28-23)17-8-6-5-7-9-17/h17,21H,3-13,15-16H2,1-2H3,(H,27,32). The molecule has 34 heavy (non-hydrogen) atoms. The number of ether oxygens (including phenoxy) is 2. The molecular formula is C25H35N5O4. The van der Waals surface area contributed by atoms with Gasteiger partial charge in [0.25, 0.3) is 0 Å². The van der Waals surface area contributed by atoms with Crippen LogP contribution in [0.1, 0.15) is 74.3 Å². The molecule has 0 aromatic carbocycles. The van der Waals surface area contributed by atoms with Gasteiger partial charge in [-0.05, 0) is 38.7 Å². The van der Waals surface area contributed by atoms with Crippen molar-refractivity contribution in [2.75, 3.05) is 44.3 Å². The minimum atomic E-state index is -0.758. The van der Waals surface area contributed by atoms with Gasteiger partial charge in [0.05, 0.1) is 37.6 Å². The number of esters is 1. The topological polar surface area (TPSA) is 108 Å². The summed E-state index contributed by atoms with van der Waals surface area (Å²) in [4.78, 5) is 34.1. The number of piperazine rings is 1. The Morgan fingerprint density at radius 3 is 2.71 bits per heavy atom. The van der Waals surface area contributed by atoms with Crippen molar-refractivity contribution in [1.29, 1.82) is 5.26 Å². The van der Waals surface area contributed by atoms with Gasteiger partial charge in [-0.2, -0.15) is 5.26 Å². The third-order valence-corrected chi connectivity index (χ3v) is 7.10. The summed E-state index contributed by atoms with van der Waals surface area (Å²) in [5.41, 5.74) is 3.76. The number of pyridine rings is 1. The Labute approximate surface area is 201 Å². The third kappa shape index (κ3) is 4.83. The van der Waals surface area contributed by atoms with Crippen LogP contribution in [0.5, 0.6) is 0 Å². The second-order valence-corrected chi connectivity index (χ2v) is 9.14. The second kappa shape index (κ2) is 11.0. The lowest BCUT2D eigenvalue weighted by Crippen LogP contribution is -2.61. The molecule has 1 aliphatic carbocycles. The van der Waals surface area contributed by atoms with Crippen molar-refractivity contribution in [2.45, 2.75) is 70.9 Å². The summed E-state index contributed by atoms with van der Waals surface area (Å²) < 4.78 is 11.1. The maximum absolute atomic E-state index is 12.8. The summed E-state index contributed by atoms with van der Waals surface area (Å²) in [5.74, 6) is 0.567. The van der Waals surface area contributed by atoms with Crippen LogP contribution in [0.4, 0.5) is 10.6 Å². The number of urea groups is 1. The molecule has 1 unspecified atom stereocenters. The van der Waals surface area contributed by atoms with Crippen molar-refractivity contribution in [3.8, 4) is 6.07 Å². The Kier molecular flexibility index (Phi) is 7.88. The van der Waals surface area contributed by atoms with E-state index in [4.69, 9.17) is 14.5 Å². The van der Waals surface area contributed by atoms with Crippen LogP contribution in [0.2, 0.25) is 0 Å². The van der Waals surface area contributed by atoms with E-state index in [2.05, 4.69) is 11.4 Å². The maximum atomic E-state index is 12.8. The average molecular weight is 470 g/mol. The number of nitrogens with one attached hydrogen (secondary N) is 1. The lowest BCUT2D eigenvalue weighted by molar-refractivity contribution is -0.148. The van der Waals surface area contributed by atoms with E-state index >= 15 is 0 Å². The minimum absolute atomic E-state index is 0.241. The number of hydrogen-bond acceptors (Lipinski definition) is 7. The maximum Gasteiger partial charge on any atom is 0.330 e. The van der Waals surface area contributed by atoms with E-state index in [-0.39, 0.29) is 19.2 Å². The first-order valence-corrected chi connectivity index (χ1v) is 12.6. The van der Waals surface area contributed by atoms with Crippen LogP contribution in [-0.2, 0) is 27.3 Å². The van der Waals surface area contributed by atoms with Crippen LogP contribution in [0.3, 0.4) is 0 Å². The molecule has 9 heteroatoms. The Morgan fingerprint density at radius 1 is 1.21 bits per heavy atom. The first-order valence-electron chi connectivity index (χ1n) is 12.6. The Morgan fingerprint density at radius 2 is 2.00 bits per heavy atom. The Bertz CT molecular complexity index is 954. The highest BCUT2D eigenvalue weighted by Gasteiger charge is 2.38. The number of aromatic nitrogens is 1. The van der Waals surface area contributed by atoms with Crippen LogP contribution in [-0.4, -0.2) is 67.3 Å². The van der Waals surface area contributed by atoms with Crippen LogP contribution < -0.4 is 10.2 Å². The minimum Gasteiger partial charge on any atom is -0.464 e. The van der Waals surface area contributed by atoms with Crippen LogP contribution in [0, 0.1) is 11.3 Å². The fraction of sp³-hybridized carbons (Fsp3) is 0.680. The predicted molar refractivity (Wildman–Crippen MR) is 127 cm³/mol. The summed E-state index contributed by atoms with van der Waals surface area (Å²) in [6.07, 6.45) is 6.51. The monoisotopic (exact) mass is 469 g/mol. The molecule has 4 rings (SSSR count). The molecule has 1 saturated carbocycles. The molecule has 1 aromatic rings. The molecule has 2 aliphatic heterocycles. The molecule has 3 aliphatic rings. The van der Waals surface area contributed by atoms with Gasteiger partial charge in [-0.25, -0.2) is 14.6 Å². The van der Waals surface area contributed by atoms with E-state index in [1.807, 2.05) is 11.8 Å². The molecule has 3 heterocycles. The summed E-state index contributed by atoms with van der Waals surface area (Å²) in [6, 6.07) is 1.37. The average Bonchev–Trinajstić information content (AvgIpc) is 2.88. The van der Waals surface area contributed by atoms with E-state index in [0.717, 1.165) is 29.7 Å². The zero-order valence-electron chi connectivity index (χ0n) is 20.3. The van der Waals surface area contributed by atoms with Crippen molar-refractivity contribution < 1.29 is 19.1 Å². The SMILES string of the molecule is CCNC(=O)N1CCN(c2nc(C3CCCCC3)c3c(c2C#N)CCOC3)CC1C(=O)OCC. The van der Waals surface area contributed by atoms with Gasteiger partial charge < -0.3 is 24.6 Å². The van der Waals surface area contributed by atoms with E-state index in [1.165, 1.54) is 19.3 Å². The van der Waals surface area contributed by atoms with Gasteiger partial charge in [0.2, 0.25) is 0 Å². The van der Waals surface area contributed by atoms with Crippen LogP contribution in [0.25, 0.3) is 0 Å². The molecule has 1 atom stereocenters. The van der Waals surface area contributed by atoms with E-state index < -0.39 is 12.0 Å². The van der Waals surface area contributed by atoms with Crippen LogP contribution in [0.15, 0.2) is 0 Å². The number of amides is 2. The third-order valence-electron chi connectivity index (χ3n) is 7.10. The summed E-state index contributed by atoms with van der Waals surface area (Å²) in [5, 5.41) is 12.9. The summed E-state index contributed by atoms with van der Waals surface area (Å²) in [6.45, 7) is 6.50. The predicted octanol–water partition coefficient (Wildman–Crippen LogP) is 2.86. The first-order chi connectivity index (χ1) is 16.6. The number of rotatable bonds is 5. The highest BCUT2D eigenvalue weighted by atomic mass is 16.5. The zero-order chi connectivity index (χ0) is 24.1. The number of carbonyl (C=O) groups is 2. The van der Waals surface area contributed by atoms with E-state index in [0.29, 0.717) is 56.6 Å². The molecule has 184 valence electrons. The van der Waals surface area contributed by atoms with Crippen molar-refractivity contribution in [2.24, 2.45) is 0 Å². The zero-order valence-corrected chi connectivity index (χ0v) is 20.3. The number of carbonyl (C=O) groups excluding carboxylic acids is 2. The lowest BCUT2D eigenvalue weighted by atomic mass is 9.82. The normalized spacial score (nSPS) is 20.9. The number of nitrogens with zero attached hydrogens (tertiary/aromatic N) is 4. The van der Waals surface area contributed by atoms with Crippen molar-refractivity contribution in [3.63, 3.8) is 0 Å². The number of nitriles is 1. The van der Waals surface area contributed by atoms with Gasteiger partial charge in [0.1, 0.15) is 17.9 Å². The summed E-state index contributed by atoms with van der Waals surface area (Å²) in [7, 11) is 0. The largest absolute Gasteiger partial charge is 0.464 e. The molecule has 1 aromatic heterocycles. The van der Waals surface area contributed by atoms with Gasteiger partial charge in [-0.1, -0.05) is 19.3 Å². The number of hydrogen-bond donors (Lipinski definition) is 1. The molecular weight excluding hydrogens is 434 g/mol. The van der Waals surface area contributed by atoms with Gasteiger partial charge in [0, 0.05) is 31.1 Å².